The Morgan fingerprint density at radius 1 is 1.17 bits per heavy atom. The lowest BCUT2D eigenvalue weighted by Crippen LogP contribution is -2.17. The molecule has 0 amide bonds. The van der Waals surface area contributed by atoms with Crippen LogP contribution >= 0.6 is 0 Å². The van der Waals surface area contributed by atoms with E-state index >= 15 is 0 Å². The summed E-state index contributed by atoms with van der Waals surface area (Å²) >= 11 is 0. The van der Waals surface area contributed by atoms with Crippen molar-refractivity contribution in [3.05, 3.63) is 59.0 Å². The van der Waals surface area contributed by atoms with Crippen LogP contribution in [0.25, 0.3) is 0 Å². The van der Waals surface area contributed by atoms with E-state index in [-0.39, 0.29) is 0 Å². The molecule has 0 bridgehead atoms. The van der Waals surface area contributed by atoms with Crippen molar-refractivity contribution in [2.24, 2.45) is 0 Å². The molecule has 2 rings (SSSR count). The summed E-state index contributed by atoms with van der Waals surface area (Å²) in [6, 6.07) is 13.0. The van der Waals surface area contributed by atoms with Crippen LogP contribution in [-0.2, 0) is 13.0 Å². The molecule has 0 saturated carbocycles. The number of rotatable bonds is 5. The van der Waals surface area contributed by atoms with Crippen LogP contribution < -0.4 is 5.32 Å². The molecule has 0 spiro atoms. The van der Waals surface area contributed by atoms with E-state index in [0.29, 0.717) is 6.04 Å². The molecule has 0 radical (unpaired) electrons. The second-order valence-electron chi connectivity index (χ2n) is 4.74. The van der Waals surface area contributed by atoms with E-state index in [0.717, 1.165) is 24.5 Å². The van der Waals surface area contributed by atoms with Crippen molar-refractivity contribution in [1.29, 1.82) is 0 Å². The summed E-state index contributed by atoms with van der Waals surface area (Å²) in [7, 11) is 0. The van der Waals surface area contributed by atoms with Gasteiger partial charge >= 0.3 is 0 Å². The van der Waals surface area contributed by atoms with Gasteiger partial charge in [-0.3, -0.25) is 0 Å². The zero-order valence-electron chi connectivity index (χ0n) is 11.4. The van der Waals surface area contributed by atoms with Crippen LogP contribution in [0.3, 0.4) is 0 Å². The van der Waals surface area contributed by atoms with Crippen molar-refractivity contribution in [2.75, 3.05) is 0 Å². The zero-order valence-corrected chi connectivity index (χ0v) is 11.4. The van der Waals surface area contributed by atoms with Gasteiger partial charge in [0, 0.05) is 12.5 Å². The number of benzene rings is 1. The molecule has 2 aromatic rings. The maximum atomic E-state index is 5.68. The average Bonchev–Trinajstić information content (AvgIpc) is 2.84. The van der Waals surface area contributed by atoms with Gasteiger partial charge in [0.2, 0.25) is 0 Å². The number of hydrogen-bond donors (Lipinski definition) is 1. The van der Waals surface area contributed by atoms with Crippen LogP contribution in [0.5, 0.6) is 0 Å². The smallest absolute Gasteiger partial charge is 0.117 e. The predicted molar refractivity (Wildman–Crippen MR) is 74.5 cm³/mol. The highest BCUT2D eigenvalue weighted by Crippen LogP contribution is 2.15. The molecule has 0 aliphatic heterocycles. The largest absolute Gasteiger partial charge is 0.465 e. The van der Waals surface area contributed by atoms with E-state index in [9.17, 15) is 0 Å². The van der Waals surface area contributed by atoms with Crippen LogP contribution in [0.2, 0.25) is 0 Å². The molecule has 1 atom stereocenters. The molecule has 0 saturated heterocycles. The lowest BCUT2D eigenvalue weighted by atomic mass is 10.1. The summed E-state index contributed by atoms with van der Waals surface area (Å²) in [5.74, 6) is 2.06. The first-order chi connectivity index (χ1) is 8.69. The molecule has 0 fully saturated rings. The highest BCUT2D eigenvalue weighted by Gasteiger charge is 2.06. The Hall–Kier alpha value is -1.54. The van der Waals surface area contributed by atoms with Gasteiger partial charge < -0.3 is 9.73 Å². The summed E-state index contributed by atoms with van der Waals surface area (Å²) in [5, 5.41) is 3.49. The van der Waals surface area contributed by atoms with Gasteiger partial charge in [-0.25, -0.2) is 0 Å². The van der Waals surface area contributed by atoms with Crippen LogP contribution in [0.4, 0.5) is 0 Å². The van der Waals surface area contributed by atoms with Gasteiger partial charge in [0.15, 0.2) is 0 Å². The fourth-order valence-electron chi connectivity index (χ4n) is 2.02. The van der Waals surface area contributed by atoms with Gasteiger partial charge in [-0.2, -0.15) is 0 Å². The molecule has 0 aliphatic rings. The Labute approximate surface area is 109 Å². The SMILES string of the molecule is CCc1ccc(CN[C@H](C)c2cccc(C)c2)o1. The highest BCUT2D eigenvalue weighted by atomic mass is 16.3. The van der Waals surface area contributed by atoms with Gasteiger partial charge in [-0.1, -0.05) is 36.8 Å². The molecular weight excluding hydrogens is 222 g/mol. The average molecular weight is 243 g/mol. The number of aryl methyl sites for hydroxylation is 2. The lowest BCUT2D eigenvalue weighted by Gasteiger charge is -2.13. The molecule has 0 aliphatic carbocycles. The van der Waals surface area contributed by atoms with Crippen molar-refractivity contribution in [1.82, 2.24) is 5.32 Å². The molecular formula is C16H21NO. The minimum absolute atomic E-state index is 0.333. The molecule has 96 valence electrons. The van der Waals surface area contributed by atoms with E-state index in [2.05, 4.69) is 56.4 Å². The normalized spacial score (nSPS) is 12.6. The summed E-state index contributed by atoms with van der Waals surface area (Å²) < 4.78 is 5.68. The minimum atomic E-state index is 0.333. The second kappa shape index (κ2) is 5.87. The van der Waals surface area contributed by atoms with Crippen molar-refractivity contribution < 1.29 is 4.42 Å². The third-order valence-corrected chi connectivity index (χ3v) is 3.19. The van der Waals surface area contributed by atoms with Crippen LogP contribution in [0.15, 0.2) is 40.8 Å². The molecule has 1 aromatic heterocycles. The summed E-state index contributed by atoms with van der Waals surface area (Å²) in [4.78, 5) is 0. The Bertz CT molecular complexity index is 501. The van der Waals surface area contributed by atoms with Gasteiger partial charge in [0.1, 0.15) is 11.5 Å². The van der Waals surface area contributed by atoms with Crippen LogP contribution in [0.1, 0.15) is 42.5 Å². The van der Waals surface area contributed by atoms with E-state index < -0.39 is 0 Å². The molecule has 2 heteroatoms. The van der Waals surface area contributed by atoms with Gasteiger partial charge in [-0.15, -0.1) is 0 Å². The molecule has 1 N–H and O–H groups in total. The van der Waals surface area contributed by atoms with Gasteiger partial charge in [0.25, 0.3) is 0 Å². The molecule has 1 heterocycles. The zero-order chi connectivity index (χ0) is 13.0. The standard InChI is InChI=1S/C16H21NO/c1-4-15-8-9-16(18-15)11-17-13(3)14-7-5-6-12(2)10-14/h5-10,13,17H,4,11H2,1-3H3/t13-/m1/s1. The van der Waals surface area contributed by atoms with E-state index in [1.54, 1.807) is 0 Å². The molecule has 2 nitrogen and oxygen atoms in total. The number of hydrogen-bond acceptors (Lipinski definition) is 2. The van der Waals surface area contributed by atoms with Crippen molar-refractivity contribution in [3.63, 3.8) is 0 Å². The number of furan rings is 1. The maximum Gasteiger partial charge on any atom is 0.117 e. The van der Waals surface area contributed by atoms with E-state index in [4.69, 9.17) is 4.42 Å². The van der Waals surface area contributed by atoms with E-state index in [1.807, 2.05) is 6.07 Å². The Morgan fingerprint density at radius 2 is 1.94 bits per heavy atom. The first-order valence-electron chi connectivity index (χ1n) is 6.56. The molecule has 18 heavy (non-hydrogen) atoms. The third-order valence-electron chi connectivity index (χ3n) is 3.19. The monoisotopic (exact) mass is 243 g/mol. The fraction of sp³-hybridized carbons (Fsp3) is 0.375. The lowest BCUT2D eigenvalue weighted by molar-refractivity contribution is 0.435. The topological polar surface area (TPSA) is 25.2 Å². The minimum Gasteiger partial charge on any atom is -0.465 e. The van der Waals surface area contributed by atoms with Crippen LogP contribution in [-0.4, -0.2) is 0 Å². The van der Waals surface area contributed by atoms with Gasteiger partial charge in [-0.05, 0) is 31.5 Å². The van der Waals surface area contributed by atoms with E-state index in [1.165, 1.54) is 11.1 Å². The number of nitrogens with one attached hydrogen (secondary N) is 1. The second-order valence-corrected chi connectivity index (χ2v) is 4.74. The Balaban J connectivity index is 1.93. The molecule has 1 aromatic carbocycles. The predicted octanol–water partition coefficient (Wildman–Crippen LogP) is 4.00. The van der Waals surface area contributed by atoms with Gasteiger partial charge in [0.05, 0.1) is 6.54 Å². The summed E-state index contributed by atoms with van der Waals surface area (Å²) in [5.41, 5.74) is 2.62. The highest BCUT2D eigenvalue weighted by molar-refractivity contribution is 5.24. The fourth-order valence-corrected chi connectivity index (χ4v) is 2.02. The Kier molecular flexibility index (Phi) is 4.21. The van der Waals surface area contributed by atoms with Crippen molar-refractivity contribution in [2.45, 2.75) is 39.8 Å². The summed E-state index contributed by atoms with van der Waals surface area (Å²) in [6.07, 6.45) is 0.952. The first kappa shape index (κ1) is 12.9. The molecule has 0 unspecified atom stereocenters. The van der Waals surface area contributed by atoms with Crippen LogP contribution in [0, 0.1) is 6.92 Å². The summed E-state index contributed by atoms with van der Waals surface area (Å²) in [6.45, 7) is 7.18. The quantitative estimate of drug-likeness (QED) is 0.858. The maximum absolute atomic E-state index is 5.68. The first-order valence-corrected chi connectivity index (χ1v) is 6.56. The van der Waals surface area contributed by atoms with Crippen molar-refractivity contribution >= 4 is 0 Å². The third kappa shape index (κ3) is 3.23. The Morgan fingerprint density at radius 3 is 2.61 bits per heavy atom. The van der Waals surface area contributed by atoms with Crippen molar-refractivity contribution in [3.8, 4) is 0 Å².